The number of anilines is 1. The zero-order valence-electron chi connectivity index (χ0n) is 10.9. The summed E-state index contributed by atoms with van der Waals surface area (Å²) in [5.41, 5.74) is 6.92. The molecule has 2 atom stereocenters. The van der Waals surface area contributed by atoms with Gasteiger partial charge in [0.25, 0.3) is 0 Å². The third kappa shape index (κ3) is 2.76. The summed E-state index contributed by atoms with van der Waals surface area (Å²) >= 11 is 0. The number of piperazine rings is 1. The fraction of sp³-hybridized carbons (Fsp3) is 0.615. The molecule has 4 heteroatoms. The molecule has 0 aromatic carbocycles. The first-order valence-electron chi connectivity index (χ1n) is 6.24. The van der Waals surface area contributed by atoms with Crippen LogP contribution in [0.4, 0.5) is 5.82 Å². The Balaban J connectivity index is 2.07. The zero-order valence-corrected chi connectivity index (χ0v) is 10.9. The molecule has 0 aliphatic carbocycles. The van der Waals surface area contributed by atoms with Gasteiger partial charge in [0.15, 0.2) is 0 Å². The van der Waals surface area contributed by atoms with E-state index in [4.69, 9.17) is 5.73 Å². The van der Waals surface area contributed by atoms with Gasteiger partial charge in [-0.2, -0.15) is 0 Å². The number of rotatable bonds is 2. The van der Waals surface area contributed by atoms with Gasteiger partial charge >= 0.3 is 0 Å². The van der Waals surface area contributed by atoms with Gasteiger partial charge in [-0.25, -0.2) is 4.98 Å². The number of hydrogen-bond acceptors (Lipinski definition) is 4. The van der Waals surface area contributed by atoms with Crippen LogP contribution in [0, 0.1) is 0 Å². The molecule has 1 aliphatic rings. The van der Waals surface area contributed by atoms with Gasteiger partial charge in [-0.15, -0.1) is 0 Å². The van der Waals surface area contributed by atoms with Crippen molar-refractivity contribution in [1.82, 2.24) is 9.88 Å². The van der Waals surface area contributed by atoms with Crippen LogP contribution in [-0.2, 0) is 0 Å². The summed E-state index contributed by atoms with van der Waals surface area (Å²) in [5, 5.41) is 0. The molecule has 0 spiro atoms. The van der Waals surface area contributed by atoms with Crippen molar-refractivity contribution in [2.24, 2.45) is 5.73 Å². The fourth-order valence-corrected chi connectivity index (χ4v) is 2.11. The third-order valence-corrected chi connectivity index (χ3v) is 3.58. The molecule has 1 aromatic heterocycles. The SMILES string of the molecule is CC1CN(c2ccc([C@H](C)N)cn2)CCN1C. The maximum absolute atomic E-state index is 5.82. The van der Waals surface area contributed by atoms with Crippen LogP contribution in [0.2, 0.25) is 0 Å². The Morgan fingerprint density at radius 1 is 1.41 bits per heavy atom. The Kier molecular flexibility index (Phi) is 3.64. The lowest BCUT2D eigenvalue weighted by Crippen LogP contribution is -2.50. The summed E-state index contributed by atoms with van der Waals surface area (Å²) in [6.45, 7) is 7.42. The quantitative estimate of drug-likeness (QED) is 0.836. The summed E-state index contributed by atoms with van der Waals surface area (Å²) in [7, 11) is 2.18. The molecular formula is C13H22N4. The highest BCUT2D eigenvalue weighted by atomic mass is 15.3. The second-order valence-electron chi connectivity index (χ2n) is 5.01. The lowest BCUT2D eigenvalue weighted by Gasteiger charge is -2.38. The molecule has 2 rings (SSSR count). The Bertz CT molecular complexity index is 360. The van der Waals surface area contributed by atoms with E-state index in [0.29, 0.717) is 6.04 Å². The molecule has 2 heterocycles. The maximum Gasteiger partial charge on any atom is 0.128 e. The minimum Gasteiger partial charge on any atom is -0.354 e. The van der Waals surface area contributed by atoms with E-state index in [2.05, 4.69) is 40.9 Å². The Labute approximate surface area is 103 Å². The minimum absolute atomic E-state index is 0.0583. The second kappa shape index (κ2) is 5.02. The van der Waals surface area contributed by atoms with Crippen molar-refractivity contribution >= 4 is 5.82 Å². The molecule has 2 N–H and O–H groups in total. The normalized spacial score (nSPS) is 23.8. The Morgan fingerprint density at radius 2 is 2.18 bits per heavy atom. The summed E-state index contributed by atoms with van der Waals surface area (Å²) in [5.74, 6) is 1.06. The van der Waals surface area contributed by atoms with E-state index < -0.39 is 0 Å². The van der Waals surface area contributed by atoms with Crippen LogP contribution >= 0.6 is 0 Å². The molecule has 1 unspecified atom stereocenters. The Morgan fingerprint density at radius 3 is 2.71 bits per heavy atom. The van der Waals surface area contributed by atoms with Gasteiger partial charge in [-0.3, -0.25) is 0 Å². The summed E-state index contributed by atoms with van der Waals surface area (Å²) < 4.78 is 0. The largest absolute Gasteiger partial charge is 0.354 e. The topological polar surface area (TPSA) is 45.4 Å². The molecule has 1 aromatic rings. The van der Waals surface area contributed by atoms with E-state index in [9.17, 15) is 0 Å². The van der Waals surface area contributed by atoms with Crippen LogP contribution in [-0.4, -0.2) is 42.6 Å². The molecule has 1 aliphatic heterocycles. The van der Waals surface area contributed by atoms with Crippen molar-refractivity contribution in [2.45, 2.75) is 25.9 Å². The van der Waals surface area contributed by atoms with Gasteiger partial charge < -0.3 is 15.5 Å². The van der Waals surface area contributed by atoms with Crippen LogP contribution in [0.1, 0.15) is 25.5 Å². The third-order valence-electron chi connectivity index (χ3n) is 3.58. The van der Waals surface area contributed by atoms with E-state index in [1.54, 1.807) is 0 Å². The summed E-state index contributed by atoms with van der Waals surface area (Å²) in [6.07, 6.45) is 1.89. The number of nitrogens with zero attached hydrogens (tertiary/aromatic N) is 3. The first kappa shape index (κ1) is 12.3. The molecule has 0 radical (unpaired) electrons. The van der Waals surface area contributed by atoms with Crippen molar-refractivity contribution < 1.29 is 0 Å². The molecule has 4 nitrogen and oxygen atoms in total. The lowest BCUT2D eigenvalue weighted by atomic mass is 10.1. The predicted molar refractivity (Wildman–Crippen MR) is 71.1 cm³/mol. The van der Waals surface area contributed by atoms with Crippen LogP contribution in [0.3, 0.4) is 0 Å². The highest BCUT2D eigenvalue weighted by Crippen LogP contribution is 2.17. The maximum atomic E-state index is 5.82. The first-order valence-corrected chi connectivity index (χ1v) is 6.24. The van der Waals surface area contributed by atoms with Gasteiger partial charge in [0, 0.05) is 37.9 Å². The van der Waals surface area contributed by atoms with Crippen molar-refractivity contribution in [3.8, 4) is 0 Å². The summed E-state index contributed by atoms with van der Waals surface area (Å²) in [4.78, 5) is 9.24. The lowest BCUT2D eigenvalue weighted by molar-refractivity contribution is 0.233. The fourth-order valence-electron chi connectivity index (χ4n) is 2.11. The molecule has 0 amide bonds. The van der Waals surface area contributed by atoms with Crippen LogP contribution in [0.15, 0.2) is 18.3 Å². The zero-order chi connectivity index (χ0) is 12.4. The van der Waals surface area contributed by atoms with Crippen LogP contribution in [0.25, 0.3) is 0 Å². The van der Waals surface area contributed by atoms with E-state index in [-0.39, 0.29) is 6.04 Å². The van der Waals surface area contributed by atoms with Crippen molar-refractivity contribution in [2.75, 3.05) is 31.6 Å². The molecule has 94 valence electrons. The van der Waals surface area contributed by atoms with Gasteiger partial charge in [-0.1, -0.05) is 6.07 Å². The number of aromatic nitrogens is 1. The smallest absolute Gasteiger partial charge is 0.128 e. The number of hydrogen-bond donors (Lipinski definition) is 1. The number of pyridine rings is 1. The molecule has 0 bridgehead atoms. The summed E-state index contributed by atoms with van der Waals surface area (Å²) in [6, 6.07) is 4.80. The highest BCUT2D eigenvalue weighted by molar-refractivity contribution is 5.40. The molecule has 17 heavy (non-hydrogen) atoms. The van der Waals surface area contributed by atoms with Gasteiger partial charge in [0.1, 0.15) is 5.82 Å². The monoisotopic (exact) mass is 234 g/mol. The predicted octanol–water partition coefficient (Wildman–Crippen LogP) is 1.24. The molecular weight excluding hydrogens is 212 g/mol. The number of likely N-dealkylation sites (N-methyl/N-ethyl adjacent to an activating group) is 1. The minimum atomic E-state index is 0.0583. The van der Waals surface area contributed by atoms with Crippen LogP contribution in [0.5, 0.6) is 0 Å². The van der Waals surface area contributed by atoms with Crippen LogP contribution < -0.4 is 10.6 Å². The van der Waals surface area contributed by atoms with E-state index in [1.165, 1.54) is 0 Å². The molecule has 0 saturated carbocycles. The van der Waals surface area contributed by atoms with Crippen molar-refractivity contribution in [1.29, 1.82) is 0 Å². The first-order chi connectivity index (χ1) is 8.08. The van der Waals surface area contributed by atoms with E-state index in [0.717, 1.165) is 31.0 Å². The van der Waals surface area contributed by atoms with Gasteiger partial charge in [0.2, 0.25) is 0 Å². The molecule has 1 fully saturated rings. The highest BCUT2D eigenvalue weighted by Gasteiger charge is 2.21. The van der Waals surface area contributed by atoms with E-state index in [1.807, 2.05) is 13.1 Å². The number of nitrogens with two attached hydrogens (primary N) is 1. The second-order valence-corrected chi connectivity index (χ2v) is 5.01. The van der Waals surface area contributed by atoms with Gasteiger partial charge in [0.05, 0.1) is 0 Å². The van der Waals surface area contributed by atoms with Crippen molar-refractivity contribution in [3.05, 3.63) is 23.9 Å². The van der Waals surface area contributed by atoms with E-state index >= 15 is 0 Å². The standard InChI is InChI=1S/C13H22N4/c1-10-9-17(7-6-16(10)3)13-5-4-12(8-15-13)11(2)14/h4-5,8,10-11H,6-7,9,14H2,1-3H3/t10?,11-/m0/s1. The average molecular weight is 234 g/mol. The molecule has 1 saturated heterocycles. The Hall–Kier alpha value is -1.13. The van der Waals surface area contributed by atoms with Crippen molar-refractivity contribution in [3.63, 3.8) is 0 Å². The average Bonchev–Trinajstić information content (AvgIpc) is 2.33. The van der Waals surface area contributed by atoms with Gasteiger partial charge in [-0.05, 0) is 32.5 Å².